The molecule has 1 aliphatic heterocycles. The van der Waals surface area contributed by atoms with E-state index < -0.39 is 10.0 Å². The molecule has 0 unspecified atom stereocenters. The molecule has 3 rings (SSSR count). The van der Waals surface area contributed by atoms with Crippen LogP contribution in [0.1, 0.15) is 24.0 Å². The molecule has 0 atom stereocenters. The fourth-order valence-corrected chi connectivity index (χ4v) is 4.85. The molecule has 7 heteroatoms. The van der Waals surface area contributed by atoms with Gasteiger partial charge in [0, 0.05) is 23.3 Å². The van der Waals surface area contributed by atoms with Crippen molar-refractivity contribution < 1.29 is 8.42 Å². The molecule has 0 aliphatic carbocycles. The number of nitrogens with one attached hydrogen (secondary N) is 1. The molecule has 1 fully saturated rings. The van der Waals surface area contributed by atoms with Gasteiger partial charge in [0.05, 0.1) is 4.90 Å². The fourth-order valence-electron chi connectivity index (χ4n) is 3.29. The van der Waals surface area contributed by atoms with Crippen molar-refractivity contribution in [2.45, 2.75) is 37.1 Å². The quantitative estimate of drug-likeness (QED) is 0.769. The minimum absolute atomic E-state index is 0.197. The number of rotatable bonds is 6. The van der Waals surface area contributed by atoms with E-state index in [-0.39, 0.29) is 4.90 Å². The number of likely N-dealkylation sites (tertiary alicyclic amines) is 1. The van der Waals surface area contributed by atoms with Crippen LogP contribution in [-0.4, -0.2) is 39.0 Å². The third kappa shape index (κ3) is 5.23. The summed E-state index contributed by atoms with van der Waals surface area (Å²) in [5.41, 5.74) is 8.22. The summed E-state index contributed by atoms with van der Waals surface area (Å²) >= 11 is 6.05. The van der Waals surface area contributed by atoms with Gasteiger partial charge in [-0.2, -0.15) is 0 Å². The average Bonchev–Trinajstić information content (AvgIpc) is 2.64. The minimum Gasteiger partial charge on any atom is -0.328 e. The van der Waals surface area contributed by atoms with Gasteiger partial charge < -0.3 is 10.6 Å². The minimum atomic E-state index is -3.67. The Morgan fingerprint density at radius 1 is 1.15 bits per heavy atom. The highest BCUT2D eigenvalue weighted by atomic mass is 35.5. The Bertz CT molecular complexity index is 877. The molecule has 146 valence electrons. The maximum atomic E-state index is 12.6. The fraction of sp³-hybridized carbons (Fsp3) is 0.400. The SMILES string of the molecule is Cc1c(Cl)cccc1S(=O)(=O)Nc1ccc(CCN2CCC(N)CC2)cc1. The van der Waals surface area contributed by atoms with Crippen LogP contribution < -0.4 is 10.5 Å². The summed E-state index contributed by atoms with van der Waals surface area (Å²) in [4.78, 5) is 2.63. The lowest BCUT2D eigenvalue weighted by Gasteiger charge is -2.29. The Morgan fingerprint density at radius 2 is 1.81 bits per heavy atom. The van der Waals surface area contributed by atoms with Crippen molar-refractivity contribution >= 4 is 27.3 Å². The van der Waals surface area contributed by atoms with Crippen LogP contribution in [-0.2, 0) is 16.4 Å². The first kappa shape index (κ1) is 20.1. The predicted octanol–water partition coefficient (Wildman–Crippen LogP) is 3.41. The number of benzene rings is 2. The molecule has 3 N–H and O–H groups in total. The van der Waals surface area contributed by atoms with Crippen molar-refractivity contribution in [2.24, 2.45) is 5.73 Å². The molecule has 1 heterocycles. The summed E-state index contributed by atoms with van der Waals surface area (Å²) in [5, 5.41) is 0.437. The molecule has 5 nitrogen and oxygen atoms in total. The molecule has 0 spiro atoms. The van der Waals surface area contributed by atoms with Gasteiger partial charge in [-0.05, 0) is 74.7 Å². The number of hydrogen-bond acceptors (Lipinski definition) is 4. The average molecular weight is 408 g/mol. The molecular formula is C20H26ClN3O2S. The summed E-state index contributed by atoms with van der Waals surface area (Å²) in [5.74, 6) is 0. The zero-order valence-electron chi connectivity index (χ0n) is 15.5. The topological polar surface area (TPSA) is 75.4 Å². The number of piperidine rings is 1. The van der Waals surface area contributed by atoms with E-state index in [0.29, 0.717) is 22.3 Å². The van der Waals surface area contributed by atoms with Crippen LogP contribution >= 0.6 is 11.6 Å². The van der Waals surface area contributed by atoms with E-state index in [2.05, 4.69) is 9.62 Å². The van der Waals surface area contributed by atoms with Crippen LogP contribution in [0.3, 0.4) is 0 Å². The Labute approximate surface area is 166 Å². The molecule has 0 aromatic heterocycles. The molecule has 0 radical (unpaired) electrons. The maximum Gasteiger partial charge on any atom is 0.262 e. The lowest BCUT2D eigenvalue weighted by molar-refractivity contribution is 0.215. The highest BCUT2D eigenvalue weighted by Crippen LogP contribution is 2.25. The van der Waals surface area contributed by atoms with Crippen LogP contribution in [0, 0.1) is 6.92 Å². The Balaban J connectivity index is 1.61. The summed E-state index contributed by atoms with van der Waals surface area (Å²) in [6.07, 6.45) is 3.06. The number of anilines is 1. The first-order valence-corrected chi connectivity index (χ1v) is 11.1. The van der Waals surface area contributed by atoms with Crippen molar-refractivity contribution in [2.75, 3.05) is 24.4 Å². The summed E-state index contributed by atoms with van der Waals surface area (Å²) in [6.45, 7) is 4.81. The highest BCUT2D eigenvalue weighted by molar-refractivity contribution is 7.92. The van der Waals surface area contributed by atoms with E-state index >= 15 is 0 Å². The molecule has 2 aromatic rings. The lowest BCUT2D eigenvalue weighted by atomic mass is 10.1. The van der Waals surface area contributed by atoms with Crippen LogP contribution in [0.5, 0.6) is 0 Å². The lowest BCUT2D eigenvalue weighted by Crippen LogP contribution is -2.40. The first-order valence-electron chi connectivity index (χ1n) is 9.20. The van der Waals surface area contributed by atoms with E-state index in [1.165, 1.54) is 5.56 Å². The van der Waals surface area contributed by atoms with Gasteiger partial charge in [-0.3, -0.25) is 4.72 Å². The second kappa shape index (κ2) is 8.61. The van der Waals surface area contributed by atoms with Gasteiger partial charge in [-0.25, -0.2) is 8.42 Å². The van der Waals surface area contributed by atoms with E-state index in [4.69, 9.17) is 17.3 Å². The van der Waals surface area contributed by atoms with Crippen molar-refractivity contribution in [3.8, 4) is 0 Å². The monoisotopic (exact) mass is 407 g/mol. The van der Waals surface area contributed by atoms with Crippen LogP contribution in [0.15, 0.2) is 47.4 Å². The Morgan fingerprint density at radius 3 is 2.48 bits per heavy atom. The number of nitrogens with two attached hydrogens (primary N) is 1. The molecule has 1 aliphatic rings. The highest BCUT2D eigenvalue weighted by Gasteiger charge is 2.18. The molecule has 1 saturated heterocycles. The van der Waals surface area contributed by atoms with Crippen LogP contribution in [0.4, 0.5) is 5.69 Å². The van der Waals surface area contributed by atoms with E-state index in [9.17, 15) is 8.42 Å². The molecule has 2 aromatic carbocycles. The van der Waals surface area contributed by atoms with Crippen LogP contribution in [0.2, 0.25) is 5.02 Å². The van der Waals surface area contributed by atoms with Crippen molar-refractivity contribution in [1.29, 1.82) is 0 Å². The second-order valence-corrected chi connectivity index (χ2v) is 9.15. The number of sulfonamides is 1. The molecule has 0 bridgehead atoms. The molecular weight excluding hydrogens is 382 g/mol. The van der Waals surface area contributed by atoms with E-state index in [1.807, 2.05) is 12.1 Å². The zero-order valence-corrected chi connectivity index (χ0v) is 17.1. The van der Waals surface area contributed by atoms with Crippen molar-refractivity contribution in [3.05, 3.63) is 58.6 Å². The van der Waals surface area contributed by atoms with E-state index in [0.717, 1.165) is 38.9 Å². The normalized spacial score (nSPS) is 16.4. The van der Waals surface area contributed by atoms with Crippen molar-refractivity contribution in [1.82, 2.24) is 4.90 Å². The van der Waals surface area contributed by atoms with Crippen LogP contribution in [0.25, 0.3) is 0 Å². The third-order valence-electron chi connectivity index (χ3n) is 5.06. The maximum absolute atomic E-state index is 12.6. The first-order chi connectivity index (χ1) is 12.8. The van der Waals surface area contributed by atoms with Gasteiger partial charge in [0.2, 0.25) is 0 Å². The Kier molecular flexibility index (Phi) is 6.42. The van der Waals surface area contributed by atoms with Gasteiger partial charge >= 0.3 is 0 Å². The summed E-state index contributed by atoms with van der Waals surface area (Å²) in [6, 6.07) is 12.8. The molecule has 0 saturated carbocycles. The summed E-state index contributed by atoms with van der Waals surface area (Å²) < 4.78 is 27.9. The number of halogens is 1. The van der Waals surface area contributed by atoms with Gasteiger partial charge in [-0.15, -0.1) is 0 Å². The third-order valence-corrected chi connectivity index (χ3v) is 7.00. The molecule has 0 amide bonds. The smallest absolute Gasteiger partial charge is 0.262 e. The van der Waals surface area contributed by atoms with Gasteiger partial charge in [0.1, 0.15) is 0 Å². The van der Waals surface area contributed by atoms with Gasteiger partial charge in [-0.1, -0.05) is 29.8 Å². The standard InChI is InChI=1S/C20H26ClN3O2S/c1-15-19(21)3-2-4-20(15)27(25,26)23-18-7-5-16(6-8-18)9-12-24-13-10-17(22)11-14-24/h2-8,17,23H,9-14,22H2,1H3. The van der Waals surface area contributed by atoms with E-state index in [1.54, 1.807) is 37.3 Å². The van der Waals surface area contributed by atoms with Gasteiger partial charge in [0.15, 0.2) is 0 Å². The number of nitrogens with zero attached hydrogens (tertiary/aromatic N) is 1. The largest absolute Gasteiger partial charge is 0.328 e. The summed E-state index contributed by atoms with van der Waals surface area (Å²) in [7, 11) is -3.67. The Hall–Kier alpha value is -1.60. The number of hydrogen-bond donors (Lipinski definition) is 2. The molecule has 27 heavy (non-hydrogen) atoms. The predicted molar refractivity (Wildman–Crippen MR) is 111 cm³/mol. The van der Waals surface area contributed by atoms with Gasteiger partial charge in [0.25, 0.3) is 10.0 Å². The van der Waals surface area contributed by atoms with Crippen molar-refractivity contribution in [3.63, 3.8) is 0 Å². The zero-order chi connectivity index (χ0) is 19.4. The second-order valence-electron chi connectivity index (χ2n) is 7.09.